The summed E-state index contributed by atoms with van der Waals surface area (Å²) in [6.07, 6.45) is 2.45. The largest absolute Gasteiger partial charge is 0.483 e. The SMILES string of the molecule is Cc1cc(Cl)ccc1OCC(=O)Nc1cccc(N2CCCC2)c1. The molecule has 1 heterocycles. The number of hydrogen-bond donors (Lipinski definition) is 1. The summed E-state index contributed by atoms with van der Waals surface area (Å²) in [5.41, 5.74) is 2.85. The van der Waals surface area contributed by atoms with Gasteiger partial charge in [0.15, 0.2) is 6.61 Å². The molecule has 3 rings (SSSR count). The number of rotatable bonds is 5. The van der Waals surface area contributed by atoms with Gasteiger partial charge in [-0.1, -0.05) is 17.7 Å². The molecule has 1 aliphatic rings. The van der Waals surface area contributed by atoms with E-state index in [0.29, 0.717) is 10.8 Å². The molecular formula is C19H21ClN2O2. The lowest BCUT2D eigenvalue weighted by Crippen LogP contribution is -2.21. The molecule has 1 fully saturated rings. The summed E-state index contributed by atoms with van der Waals surface area (Å²) in [6, 6.07) is 13.3. The first-order chi connectivity index (χ1) is 11.6. The Morgan fingerprint density at radius 2 is 2.00 bits per heavy atom. The second-order valence-corrected chi connectivity index (χ2v) is 6.43. The zero-order valence-electron chi connectivity index (χ0n) is 13.7. The van der Waals surface area contributed by atoms with E-state index in [0.717, 1.165) is 30.0 Å². The molecule has 0 spiro atoms. The Bertz CT molecular complexity index is 727. The van der Waals surface area contributed by atoms with Gasteiger partial charge in [-0.05, 0) is 61.7 Å². The van der Waals surface area contributed by atoms with Crippen molar-refractivity contribution in [3.8, 4) is 5.75 Å². The summed E-state index contributed by atoms with van der Waals surface area (Å²) in [7, 11) is 0. The van der Waals surface area contributed by atoms with Crippen LogP contribution in [0.25, 0.3) is 0 Å². The zero-order valence-corrected chi connectivity index (χ0v) is 14.5. The van der Waals surface area contributed by atoms with E-state index >= 15 is 0 Å². The number of carbonyl (C=O) groups excluding carboxylic acids is 1. The van der Waals surface area contributed by atoms with Crippen molar-refractivity contribution in [2.24, 2.45) is 0 Å². The standard InChI is InChI=1S/C19H21ClN2O2/c1-14-11-15(20)7-8-18(14)24-13-19(23)21-16-5-4-6-17(12-16)22-9-2-3-10-22/h4-8,11-12H,2-3,9-10,13H2,1H3,(H,21,23). The van der Waals surface area contributed by atoms with E-state index in [1.165, 1.54) is 12.8 Å². The molecule has 5 heteroatoms. The maximum absolute atomic E-state index is 12.1. The molecule has 0 unspecified atom stereocenters. The Morgan fingerprint density at radius 3 is 2.75 bits per heavy atom. The minimum Gasteiger partial charge on any atom is -0.483 e. The molecule has 2 aromatic carbocycles. The van der Waals surface area contributed by atoms with Crippen LogP contribution in [0.15, 0.2) is 42.5 Å². The van der Waals surface area contributed by atoms with Crippen LogP contribution in [0.2, 0.25) is 5.02 Å². The maximum atomic E-state index is 12.1. The van der Waals surface area contributed by atoms with Crippen LogP contribution in [-0.4, -0.2) is 25.6 Å². The first-order valence-electron chi connectivity index (χ1n) is 8.15. The molecular weight excluding hydrogens is 324 g/mol. The number of hydrogen-bond acceptors (Lipinski definition) is 3. The van der Waals surface area contributed by atoms with Gasteiger partial charge in [-0.15, -0.1) is 0 Å². The first kappa shape index (κ1) is 16.7. The van der Waals surface area contributed by atoms with Crippen LogP contribution in [0.5, 0.6) is 5.75 Å². The number of benzene rings is 2. The fraction of sp³-hybridized carbons (Fsp3) is 0.316. The van der Waals surface area contributed by atoms with Gasteiger partial charge in [0.25, 0.3) is 5.91 Å². The Balaban J connectivity index is 1.57. The van der Waals surface area contributed by atoms with Crippen molar-refractivity contribution in [2.45, 2.75) is 19.8 Å². The van der Waals surface area contributed by atoms with Crippen LogP contribution in [0.1, 0.15) is 18.4 Å². The van der Waals surface area contributed by atoms with Crippen LogP contribution in [0.3, 0.4) is 0 Å². The lowest BCUT2D eigenvalue weighted by Gasteiger charge is -2.18. The number of aryl methyl sites for hydroxylation is 1. The monoisotopic (exact) mass is 344 g/mol. The smallest absolute Gasteiger partial charge is 0.262 e. The van der Waals surface area contributed by atoms with Gasteiger partial charge in [0.05, 0.1) is 0 Å². The van der Waals surface area contributed by atoms with Crippen molar-refractivity contribution in [2.75, 3.05) is 29.9 Å². The normalized spacial score (nSPS) is 13.8. The molecule has 1 N–H and O–H groups in total. The highest BCUT2D eigenvalue weighted by molar-refractivity contribution is 6.30. The highest BCUT2D eigenvalue weighted by Crippen LogP contribution is 2.24. The Labute approximate surface area is 147 Å². The minimum absolute atomic E-state index is 0.0313. The molecule has 24 heavy (non-hydrogen) atoms. The van der Waals surface area contributed by atoms with Gasteiger partial charge in [-0.3, -0.25) is 4.79 Å². The zero-order chi connectivity index (χ0) is 16.9. The summed E-state index contributed by atoms with van der Waals surface area (Å²) < 4.78 is 5.57. The summed E-state index contributed by atoms with van der Waals surface area (Å²) in [5.74, 6) is 0.489. The number of ether oxygens (including phenoxy) is 1. The molecule has 0 bridgehead atoms. The molecule has 4 nitrogen and oxygen atoms in total. The molecule has 1 amide bonds. The van der Waals surface area contributed by atoms with E-state index in [4.69, 9.17) is 16.3 Å². The van der Waals surface area contributed by atoms with Crippen molar-refractivity contribution in [3.05, 3.63) is 53.1 Å². The van der Waals surface area contributed by atoms with Crippen LogP contribution in [-0.2, 0) is 4.79 Å². The summed E-state index contributed by atoms with van der Waals surface area (Å²) in [5, 5.41) is 3.55. The molecule has 0 atom stereocenters. The predicted octanol–water partition coefficient (Wildman–Crippen LogP) is 4.27. The molecule has 126 valence electrons. The maximum Gasteiger partial charge on any atom is 0.262 e. The number of carbonyl (C=O) groups is 1. The van der Waals surface area contributed by atoms with Gasteiger partial charge < -0.3 is 15.0 Å². The molecule has 1 aliphatic heterocycles. The van der Waals surface area contributed by atoms with Gasteiger partial charge in [0, 0.05) is 29.5 Å². The second-order valence-electron chi connectivity index (χ2n) is 5.99. The summed E-state index contributed by atoms with van der Waals surface area (Å²) in [4.78, 5) is 14.5. The summed E-state index contributed by atoms with van der Waals surface area (Å²) >= 11 is 5.92. The van der Waals surface area contributed by atoms with E-state index in [9.17, 15) is 4.79 Å². The second kappa shape index (κ2) is 7.58. The Kier molecular flexibility index (Phi) is 5.26. The molecule has 0 radical (unpaired) electrons. The first-order valence-corrected chi connectivity index (χ1v) is 8.53. The van der Waals surface area contributed by atoms with Crippen LogP contribution in [0.4, 0.5) is 11.4 Å². The van der Waals surface area contributed by atoms with E-state index < -0.39 is 0 Å². The number of nitrogens with zero attached hydrogens (tertiary/aromatic N) is 1. The minimum atomic E-state index is -0.178. The average molecular weight is 345 g/mol. The number of amides is 1. The van der Waals surface area contributed by atoms with Crippen molar-refractivity contribution in [1.82, 2.24) is 0 Å². The number of halogens is 1. The third kappa shape index (κ3) is 4.20. The lowest BCUT2D eigenvalue weighted by molar-refractivity contribution is -0.118. The molecule has 0 aromatic heterocycles. The van der Waals surface area contributed by atoms with Gasteiger partial charge >= 0.3 is 0 Å². The Hall–Kier alpha value is -2.20. The van der Waals surface area contributed by atoms with Gasteiger partial charge in [-0.2, -0.15) is 0 Å². The topological polar surface area (TPSA) is 41.6 Å². The molecule has 0 saturated carbocycles. The van der Waals surface area contributed by atoms with Gasteiger partial charge in [-0.25, -0.2) is 0 Å². The fourth-order valence-electron chi connectivity index (χ4n) is 2.87. The van der Waals surface area contributed by atoms with E-state index in [1.807, 2.05) is 31.2 Å². The molecule has 2 aromatic rings. The fourth-order valence-corrected chi connectivity index (χ4v) is 3.10. The Morgan fingerprint density at radius 1 is 1.21 bits per heavy atom. The molecule has 1 saturated heterocycles. The van der Waals surface area contributed by atoms with Crippen LogP contribution >= 0.6 is 11.6 Å². The van der Waals surface area contributed by atoms with E-state index in [2.05, 4.69) is 16.3 Å². The van der Waals surface area contributed by atoms with Crippen molar-refractivity contribution in [3.63, 3.8) is 0 Å². The predicted molar refractivity (Wildman–Crippen MR) is 98.2 cm³/mol. The van der Waals surface area contributed by atoms with E-state index in [1.54, 1.807) is 12.1 Å². The highest BCUT2D eigenvalue weighted by atomic mass is 35.5. The average Bonchev–Trinajstić information content (AvgIpc) is 3.09. The lowest BCUT2D eigenvalue weighted by atomic mass is 10.2. The van der Waals surface area contributed by atoms with Gasteiger partial charge in [0.2, 0.25) is 0 Å². The van der Waals surface area contributed by atoms with Crippen molar-refractivity contribution >= 4 is 28.9 Å². The van der Waals surface area contributed by atoms with Crippen molar-refractivity contribution < 1.29 is 9.53 Å². The number of nitrogens with one attached hydrogen (secondary N) is 1. The van der Waals surface area contributed by atoms with Crippen LogP contribution < -0.4 is 15.0 Å². The molecule has 0 aliphatic carbocycles. The third-order valence-electron chi connectivity index (χ3n) is 4.10. The van der Waals surface area contributed by atoms with Gasteiger partial charge in [0.1, 0.15) is 5.75 Å². The number of anilines is 2. The summed E-state index contributed by atoms with van der Waals surface area (Å²) in [6.45, 7) is 4.03. The third-order valence-corrected chi connectivity index (χ3v) is 4.33. The van der Waals surface area contributed by atoms with E-state index in [-0.39, 0.29) is 12.5 Å². The highest BCUT2D eigenvalue weighted by Gasteiger charge is 2.13. The quantitative estimate of drug-likeness (QED) is 0.880. The van der Waals surface area contributed by atoms with Crippen molar-refractivity contribution in [1.29, 1.82) is 0 Å². The van der Waals surface area contributed by atoms with Crippen LogP contribution in [0, 0.1) is 6.92 Å².